The third-order valence-electron chi connectivity index (χ3n) is 2.29. The van der Waals surface area contributed by atoms with Crippen LogP contribution in [0.15, 0.2) is 54.3 Å². The van der Waals surface area contributed by atoms with Gasteiger partial charge in [0, 0.05) is 3.57 Å². The average molecular weight is 372 g/mol. The Kier molecular flexibility index (Phi) is 5.75. The first kappa shape index (κ1) is 15.4. The summed E-state index contributed by atoms with van der Waals surface area (Å²) in [6.07, 6.45) is 4.66. The fourth-order valence-corrected chi connectivity index (χ4v) is 1.89. The number of carbonyl (C=O) groups excluding carboxylic acids is 1. The van der Waals surface area contributed by atoms with E-state index in [1.165, 1.54) is 12.1 Å². The molecule has 0 aromatic heterocycles. The van der Waals surface area contributed by atoms with Crippen LogP contribution in [0.1, 0.15) is 6.92 Å². The number of anilines is 1. The number of amides is 1. The molecule has 1 aromatic carbocycles. The van der Waals surface area contributed by atoms with Gasteiger partial charge in [0.2, 0.25) is 0 Å². The molecule has 1 rings (SSSR count). The Bertz CT molecular complexity index is 565. The quantitative estimate of drug-likeness (QED) is 0.473. The number of nitrogens with two attached hydrogens (primary N) is 1. The van der Waals surface area contributed by atoms with Gasteiger partial charge in [0.1, 0.15) is 5.82 Å². The molecule has 1 amide bonds. The van der Waals surface area contributed by atoms with E-state index in [4.69, 9.17) is 5.73 Å². The van der Waals surface area contributed by atoms with Gasteiger partial charge >= 0.3 is 0 Å². The molecule has 0 atom stereocenters. The van der Waals surface area contributed by atoms with Gasteiger partial charge in [-0.15, -0.1) is 0 Å². The Morgan fingerprint density at radius 2 is 2.21 bits per heavy atom. The summed E-state index contributed by atoms with van der Waals surface area (Å²) in [5.41, 5.74) is 6.16. The molecule has 0 aliphatic heterocycles. The molecule has 5 heteroatoms. The highest BCUT2D eigenvalue weighted by atomic mass is 127. The van der Waals surface area contributed by atoms with E-state index < -0.39 is 11.7 Å². The second-order valence-corrected chi connectivity index (χ2v) is 4.89. The Morgan fingerprint density at radius 1 is 1.53 bits per heavy atom. The molecule has 3 N–H and O–H groups in total. The van der Waals surface area contributed by atoms with Gasteiger partial charge in [-0.25, -0.2) is 4.39 Å². The average Bonchev–Trinajstić information content (AvgIpc) is 2.35. The van der Waals surface area contributed by atoms with Crippen LogP contribution < -0.4 is 11.1 Å². The molecule has 1 aromatic rings. The summed E-state index contributed by atoms with van der Waals surface area (Å²) < 4.78 is 14.5. The first-order valence-electron chi connectivity index (χ1n) is 5.51. The van der Waals surface area contributed by atoms with Crippen molar-refractivity contribution in [3.63, 3.8) is 0 Å². The van der Waals surface area contributed by atoms with E-state index in [-0.39, 0.29) is 11.3 Å². The van der Waals surface area contributed by atoms with E-state index in [2.05, 4.69) is 11.9 Å². The lowest BCUT2D eigenvalue weighted by Gasteiger charge is -2.11. The van der Waals surface area contributed by atoms with E-state index >= 15 is 0 Å². The summed E-state index contributed by atoms with van der Waals surface area (Å²) in [4.78, 5) is 11.3. The maximum Gasteiger partial charge on any atom is 0.250 e. The van der Waals surface area contributed by atoms with Crippen LogP contribution in [0.3, 0.4) is 0 Å². The number of primary amides is 1. The number of hydrogen-bond donors (Lipinski definition) is 2. The predicted molar refractivity (Wildman–Crippen MR) is 84.0 cm³/mol. The molecule has 0 spiro atoms. The molecule has 0 radical (unpaired) electrons. The lowest BCUT2D eigenvalue weighted by Crippen LogP contribution is -2.17. The summed E-state index contributed by atoms with van der Waals surface area (Å²) in [7, 11) is 0. The standard InChI is InChI=1S/C14H14FIN2O/c1-3-5-10(14(17)19)12(4-2)18-13-7-6-9(16)8-11(13)15/h3-8,18H,2H2,1H3,(H2,17,19)/b5-3-,12-10-. The molecule has 0 aliphatic rings. The summed E-state index contributed by atoms with van der Waals surface area (Å²) in [5, 5.41) is 2.82. The van der Waals surface area contributed by atoms with Crippen molar-refractivity contribution in [1.29, 1.82) is 0 Å². The van der Waals surface area contributed by atoms with Gasteiger partial charge in [-0.1, -0.05) is 18.7 Å². The molecule has 19 heavy (non-hydrogen) atoms. The minimum atomic E-state index is -0.605. The molecule has 0 heterocycles. The smallest absolute Gasteiger partial charge is 0.250 e. The van der Waals surface area contributed by atoms with E-state index in [0.29, 0.717) is 5.70 Å². The molecule has 0 aliphatic carbocycles. The first-order valence-corrected chi connectivity index (χ1v) is 6.58. The molecular weight excluding hydrogens is 358 g/mol. The van der Waals surface area contributed by atoms with Crippen LogP contribution in [0.4, 0.5) is 10.1 Å². The van der Waals surface area contributed by atoms with Crippen LogP contribution in [-0.2, 0) is 4.79 Å². The highest BCUT2D eigenvalue weighted by Gasteiger charge is 2.09. The molecular formula is C14H14FIN2O. The third-order valence-corrected chi connectivity index (χ3v) is 2.96. The van der Waals surface area contributed by atoms with Crippen LogP contribution in [-0.4, -0.2) is 5.91 Å². The maximum absolute atomic E-state index is 13.7. The third kappa shape index (κ3) is 4.20. The number of hydrogen-bond acceptors (Lipinski definition) is 2. The number of benzene rings is 1. The molecule has 0 bridgehead atoms. The maximum atomic E-state index is 13.7. The van der Waals surface area contributed by atoms with Crippen LogP contribution in [0.2, 0.25) is 0 Å². The van der Waals surface area contributed by atoms with Gasteiger partial charge in [-0.2, -0.15) is 0 Å². The number of carbonyl (C=O) groups is 1. The molecule has 0 fully saturated rings. The second kappa shape index (κ2) is 7.08. The predicted octanol–water partition coefficient (Wildman–Crippen LogP) is 3.34. The Labute approximate surface area is 125 Å². The molecule has 0 saturated carbocycles. The van der Waals surface area contributed by atoms with Crippen molar-refractivity contribution in [3.05, 3.63) is 63.7 Å². The Balaban J connectivity index is 3.21. The van der Waals surface area contributed by atoms with Gasteiger partial charge in [-0.05, 0) is 53.8 Å². The van der Waals surface area contributed by atoms with Crippen LogP contribution in [0.25, 0.3) is 0 Å². The minimum absolute atomic E-state index is 0.246. The molecule has 0 unspecified atom stereocenters. The van der Waals surface area contributed by atoms with Crippen LogP contribution >= 0.6 is 22.6 Å². The fraction of sp³-hybridized carbons (Fsp3) is 0.0714. The molecule has 3 nitrogen and oxygen atoms in total. The highest BCUT2D eigenvalue weighted by Crippen LogP contribution is 2.20. The van der Waals surface area contributed by atoms with Gasteiger partial charge in [-0.3, -0.25) is 4.79 Å². The van der Waals surface area contributed by atoms with Crippen molar-refractivity contribution in [2.75, 3.05) is 5.32 Å². The van der Waals surface area contributed by atoms with Crippen molar-refractivity contribution in [3.8, 4) is 0 Å². The minimum Gasteiger partial charge on any atom is -0.366 e. The van der Waals surface area contributed by atoms with Crippen molar-refractivity contribution < 1.29 is 9.18 Å². The fourth-order valence-electron chi connectivity index (χ4n) is 1.44. The van der Waals surface area contributed by atoms with E-state index in [9.17, 15) is 9.18 Å². The van der Waals surface area contributed by atoms with Crippen molar-refractivity contribution in [2.24, 2.45) is 5.73 Å². The van der Waals surface area contributed by atoms with Crippen molar-refractivity contribution >= 4 is 34.2 Å². The normalized spacial score (nSPS) is 12.2. The van der Waals surface area contributed by atoms with E-state index in [0.717, 1.165) is 3.57 Å². The van der Waals surface area contributed by atoms with Gasteiger partial charge < -0.3 is 11.1 Å². The zero-order valence-corrected chi connectivity index (χ0v) is 12.6. The lowest BCUT2D eigenvalue weighted by molar-refractivity contribution is -0.114. The number of rotatable bonds is 5. The zero-order chi connectivity index (χ0) is 14.4. The van der Waals surface area contributed by atoms with Gasteiger partial charge in [0.25, 0.3) is 5.91 Å². The zero-order valence-electron chi connectivity index (χ0n) is 10.4. The number of halogens is 2. The molecule has 0 saturated heterocycles. The lowest BCUT2D eigenvalue weighted by atomic mass is 10.1. The summed E-state index contributed by atoms with van der Waals surface area (Å²) in [6, 6.07) is 4.74. The van der Waals surface area contributed by atoms with Gasteiger partial charge in [0.05, 0.1) is 17.0 Å². The highest BCUT2D eigenvalue weighted by molar-refractivity contribution is 14.1. The first-order chi connectivity index (χ1) is 8.99. The Hall–Kier alpha value is -1.63. The summed E-state index contributed by atoms with van der Waals surface area (Å²) >= 11 is 2.02. The molecule has 100 valence electrons. The summed E-state index contributed by atoms with van der Waals surface area (Å²) in [5.74, 6) is -1.01. The largest absolute Gasteiger partial charge is 0.366 e. The SMILES string of the molecule is C=C/C(Nc1ccc(I)cc1F)=C(\C=C/C)C(N)=O. The summed E-state index contributed by atoms with van der Waals surface area (Å²) in [6.45, 7) is 5.36. The van der Waals surface area contributed by atoms with Crippen LogP contribution in [0, 0.1) is 9.39 Å². The van der Waals surface area contributed by atoms with E-state index in [1.807, 2.05) is 22.6 Å². The Morgan fingerprint density at radius 3 is 2.68 bits per heavy atom. The second-order valence-electron chi connectivity index (χ2n) is 3.64. The van der Waals surface area contributed by atoms with Crippen molar-refractivity contribution in [2.45, 2.75) is 6.92 Å². The van der Waals surface area contributed by atoms with Crippen LogP contribution in [0.5, 0.6) is 0 Å². The number of nitrogens with one attached hydrogen (secondary N) is 1. The monoisotopic (exact) mass is 372 g/mol. The number of allylic oxidation sites excluding steroid dienone is 2. The topological polar surface area (TPSA) is 55.1 Å². The van der Waals surface area contributed by atoms with E-state index in [1.54, 1.807) is 31.2 Å². The van der Waals surface area contributed by atoms with Crippen molar-refractivity contribution in [1.82, 2.24) is 0 Å². The van der Waals surface area contributed by atoms with Gasteiger partial charge in [0.15, 0.2) is 0 Å².